The summed E-state index contributed by atoms with van der Waals surface area (Å²) in [6, 6.07) is 10.5. The molecule has 0 unspecified atom stereocenters. The first kappa shape index (κ1) is 22.6. The molecule has 1 aliphatic rings. The summed E-state index contributed by atoms with van der Waals surface area (Å²) in [7, 11) is -3.65. The maximum absolute atomic E-state index is 13.0. The van der Waals surface area contributed by atoms with E-state index in [-0.39, 0.29) is 10.5 Å². The minimum Gasteiger partial charge on any atom is -0.452 e. The van der Waals surface area contributed by atoms with E-state index in [0.717, 1.165) is 19.3 Å². The Bertz CT molecular complexity index is 1070. The second-order valence-electron chi connectivity index (χ2n) is 7.31. The zero-order chi connectivity index (χ0) is 22.4. The summed E-state index contributed by atoms with van der Waals surface area (Å²) in [5.74, 6) is -1.30. The minimum absolute atomic E-state index is 0.152. The van der Waals surface area contributed by atoms with Gasteiger partial charge in [0.05, 0.1) is 10.5 Å². The average Bonchev–Trinajstić information content (AvgIpc) is 2.79. The van der Waals surface area contributed by atoms with E-state index < -0.39 is 28.5 Å². The SMILES string of the molecule is Cc1ccc(NC(=O)COC(=O)c2ccc(C=O)cc2)cc1S(=O)(=O)N1CCCCC1. The number of anilines is 1. The van der Waals surface area contributed by atoms with Crippen molar-refractivity contribution in [2.45, 2.75) is 31.1 Å². The van der Waals surface area contributed by atoms with Crippen LogP contribution in [0.2, 0.25) is 0 Å². The number of nitrogens with one attached hydrogen (secondary N) is 1. The van der Waals surface area contributed by atoms with Crippen LogP contribution in [0, 0.1) is 6.92 Å². The third-order valence-corrected chi connectivity index (χ3v) is 7.06. The smallest absolute Gasteiger partial charge is 0.338 e. The predicted octanol–water partition coefficient (Wildman–Crippen LogP) is 2.78. The van der Waals surface area contributed by atoms with E-state index in [1.165, 1.54) is 34.6 Å². The molecule has 31 heavy (non-hydrogen) atoms. The van der Waals surface area contributed by atoms with Gasteiger partial charge >= 0.3 is 5.97 Å². The van der Waals surface area contributed by atoms with Crippen molar-refractivity contribution in [2.24, 2.45) is 0 Å². The van der Waals surface area contributed by atoms with Gasteiger partial charge in [-0.1, -0.05) is 24.6 Å². The molecular weight excluding hydrogens is 420 g/mol. The molecule has 0 bridgehead atoms. The summed E-state index contributed by atoms with van der Waals surface area (Å²) in [4.78, 5) is 35.0. The zero-order valence-corrected chi connectivity index (χ0v) is 18.0. The number of aryl methyl sites for hydroxylation is 1. The molecule has 0 spiro atoms. The Labute approximate surface area is 181 Å². The lowest BCUT2D eigenvalue weighted by molar-refractivity contribution is -0.119. The van der Waals surface area contributed by atoms with E-state index in [9.17, 15) is 22.8 Å². The Morgan fingerprint density at radius 3 is 2.39 bits per heavy atom. The molecule has 8 nitrogen and oxygen atoms in total. The number of amides is 1. The van der Waals surface area contributed by atoms with Gasteiger partial charge in [0.1, 0.15) is 6.29 Å². The molecule has 3 rings (SSSR count). The molecule has 2 aromatic carbocycles. The molecule has 0 atom stereocenters. The number of piperidine rings is 1. The lowest BCUT2D eigenvalue weighted by Crippen LogP contribution is -2.36. The molecule has 1 fully saturated rings. The van der Waals surface area contributed by atoms with E-state index in [1.807, 2.05) is 0 Å². The first-order valence-corrected chi connectivity index (χ1v) is 11.4. The molecule has 0 saturated carbocycles. The predicted molar refractivity (Wildman–Crippen MR) is 115 cm³/mol. The number of carbonyl (C=O) groups is 3. The van der Waals surface area contributed by atoms with E-state index >= 15 is 0 Å². The van der Waals surface area contributed by atoms with Crippen molar-refractivity contribution in [1.29, 1.82) is 0 Å². The van der Waals surface area contributed by atoms with Gasteiger partial charge < -0.3 is 10.1 Å². The lowest BCUT2D eigenvalue weighted by atomic mass is 10.1. The number of esters is 1. The van der Waals surface area contributed by atoms with Crippen LogP contribution in [0.25, 0.3) is 0 Å². The summed E-state index contributed by atoms with van der Waals surface area (Å²) in [6.07, 6.45) is 3.33. The Kier molecular flexibility index (Phi) is 7.19. The second kappa shape index (κ2) is 9.84. The van der Waals surface area contributed by atoms with Gasteiger partial charge in [-0.3, -0.25) is 9.59 Å². The molecule has 1 heterocycles. The van der Waals surface area contributed by atoms with Crippen molar-refractivity contribution in [1.82, 2.24) is 4.31 Å². The molecule has 2 aromatic rings. The van der Waals surface area contributed by atoms with Crippen LogP contribution < -0.4 is 5.32 Å². The van der Waals surface area contributed by atoms with Gasteiger partial charge in [0.2, 0.25) is 10.0 Å². The molecule has 1 N–H and O–H groups in total. The van der Waals surface area contributed by atoms with Crippen LogP contribution in [0.3, 0.4) is 0 Å². The van der Waals surface area contributed by atoms with E-state index in [0.29, 0.717) is 36.2 Å². The molecular formula is C22H24N2O6S. The molecule has 1 amide bonds. The van der Waals surface area contributed by atoms with E-state index in [2.05, 4.69) is 5.32 Å². The molecule has 164 valence electrons. The highest BCUT2D eigenvalue weighted by Crippen LogP contribution is 2.26. The number of sulfonamides is 1. The molecule has 9 heteroatoms. The molecule has 0 aliphatic carbocycles. The molecule has 1 aliphatic heterocycles. The van der Waals surface area contributed by atoms with Crippen LogP contribution in [0.4, 0.5) is 5.69 Å². The number of carbonyl (C=O) groups excluding carboxylic acids is 3. The highest BCUT2D eigenvalue weighted by molar-refractivity contribution is 7.89. The van der Waals surface area contributed by atoms with Crippen molar-refractivity contribution < 1.29 is 27.5 Å². The van der Waals surface area contributed by atoms with Crippen LogP contribution >= 0.6 is 0 Å². The van der Waals surface area contributed by atoms with Crippen molar-refractivity contribution in [3.05, 3.63) is 59.2 Å². The third kappa shape index (κ3) is 5.56. The number of benzene rings is 2. The highest BCUT2D eigenvalue weighted by atomic mass is 32.2. The maximum Gasteiger partial charge on any atom is 0.338 e. The van der Waals surface area contributed by atoms with Crippen LogP contribution in [0.15, 0.2) is 47.4 Å². The van der Waals surface area contributed by atoms with Gasteiger partial charge in [-0.25, -0.2) is 13.2 Å². The molecule has 1 saturated heterocycles. The average molecular weight is 445 g/mol. The van der Waals surface area contributed by atoms with Gasteiger partial charge in [0.15, 0.2) is 6.61 Å². The Balaban J connectivity index is 1.64. The van der Waals surface area contributed by atoms with Crippen LogP contribution in [0.5, 0.6) is 0 Å². The lowest BCUT2D eigenvalue weighted by Gasteiger charge is -2.26. The Morgan fingerprint density at radius 1 is 1.06 bits per heavy atom. The quantitative estimate of drug-likeness (QED) is 0.519. The van der Waals surface area contributed by atoms with E-state index in [1.54, 1.807) is 19.1 Å². The second-order valence-corrected chi connectivity index (χ2v) is 9.22. The van der Waals surface area contributed by atoms with Crippen molar-refractivity contribution in [2.75, 3.05) is 25.0 Å². The number of aldehydes is 1. The highest BCUT2D eigenvalue weighted by Gasteiger charge is 2.27. The first-order chi connectivity index (χ1) is 14.8. The Hall–Kier alpha value is -3.04. The van der Waals surface area contributed by atoms with Crippen LogP contribution in [0.1, 0.15) is 45.5 Å². The number of ether oxygens (including phenoxy) is 1. The topological polar surface area (TPSA) is 110 Å². The molecule has 0 radical (unpaired) electrons. The van der Waals surface area contributed by atoms with Gasteiger partial charge in [-0.15, -0.1) is 0 Å². The summed E-state index contributed by atoms with van der Waals surface area (Å²) >= 11 is 0. The number of nitrogens with zero attached hydrogens (tertiary/aromatic N) is 1. The fourth-order valence-corrected chi connectivity index (χ4v) is 5.08. The van der Waals surface area contributed by atoms with Gasteiger partial charge in [-0.05, 0) is 49.6 Å². The fraction of sp³-hybridized carbons (Fsp3) is 0.318. The number of hydrogen-bond acceptors (Lipinski definition) is 6. The standard InChI is InChI=1S/C22H24N2O6S/c1-16-5-10-19(13-20(16)31(28,29)24-11-3-2-4-12-24)23-21(26)15-30-22(27)18-8-6-17(14-25)7-9-18/h5-10,13-14H,2-4,11-12,15H2,1H3,(H,23,26). The summed E-state index contributed by atoms with van der Waals surface area (Å²) in [5.41, 5.74) is 1.53. The van der Waals surface area contributed by atoms with Crippen LogP contribution in [-0.4, -0.2) is 50.6 Å². The summed E-state index contributed by atoms with van der Waals surface area (Å²) < 4.78 is 32.4. The maximum atomic E-state index is 13.0. The van der Waals surface area contributed by atoms with Gasteiger partial charge in [0, 0.05) is 24.3 Å². The zero-order valence-electron chi connectivity index (χ0n) is 17.2. The van der Waals surface area contributed by atoms with Crippen LogP contribution in [-0.2, 0) is 19.6 Å². The third-order valence-electron chi connectivity index (χ3n) is 5.02. The first-order valence-electron chi connectivity index (χ1n) is 9.94. The van der Waals surface area contributed by atoms with E-state index in [4.69, 9.17) is 4.74 Å². The summed E-state index contributed by atoms with van der Waals surface area (Å²) in [6.45, 7) is 2.15. The van der Waals surface area contributed by atoms with Gasteiger partial charge in [0.25, 0.3) is 5.91 Å². The van der Waals surface area contributed by atoms with Crippen molar-refractivity contribution in [3.8, 4) is 0 Å². The number of hydrogen-bond donors (Lipinski definition) is 1. The Morgan fingerprint density at radius 2 is 1.74 bits per heavy atom. The minimum atomic E-state index is -3.65. The normalized spacial score (nSPS) is 14.6. The molecule has 0 aromatic heterocycles. The monoisotopic (exact) mass is 444 g/mol. The largest absolute Gasteiger partial charge is 0.452 e. The van der Waals surface area contributed by atoms with Crippen molar-refractivity contribution in [3.63, 3.8) is 0 Å². The number of rotatable bonds is 7. The summed E-state index contributed by atoms with van der Waals surface area (Å²) in [5, 5.41) is 2.56. The van der Waals surface area contributed by atoms with Gasteiger partial charge in [-0.2, -0.15) is 4.31 Å². The van der Waals surface area contributed by atoms with Crippen molar-refractivity contribution >= 4 is 33.9 Å². The fourth-order valence-electron chi connectivity index (χ4n) is 3.31.